The Morgan fingerprint density at radius 1 is 1.11 bits per heavy atom. The molecule has 0 saturated carbocycles. The molecule has 0 aliphatic heterocycles. The maximum Gasteiger partial charge on any atom is 0.269 e. The van der Waals surface area contributed by atoms with E-state index in [1.165, 1.54) is 24.3 Å². The van der Waals surface area contributed by atoms with Gasteiger partial charge in [-0.15, -0.1) is 4.41 Å². The molecule has 0 unspecified atom stereocenters. The fraction of sp³-hybridized carbons (Fsp3) is 0.360. The van der Waals surface area contributed by atoms with Crippen LogP contribution in [0.25, 0.3) is 6.08 Å². The van der Waals surface area contributed by atoms with Gasteiger partial charge in [0.15, 0.2) is 0 Å². The summed E-state index contributed by atoms with van der Waals surface area (Å²) in [6.45, 7) is 3.45. The largest absolute Gasteiger partial charge is 0.289 e. The molecule has 0 heterocycles. The number of hydroxylamine groups is 1. The van der Waals surface area contributed by atoms with Crippen LogP contribution >= 0.6 is 0 Å². The average molecular weight is 533 g/mol. The van der Waals surface area contributed by atoms with Crippen LogP contribution in [0.2, 0.25) is 0 Å². The van der Waals surface area contributed by atoms with Crippen LogP contribution in [0.4, 0.5) is 5.69 Å². The van der Waals surface area contributed by atoms with Gasteiger partial charge in [-0.05, 0) is 29.9 Å². The van der Waals surface area contributed by atoms with E-state index in [0.29, 0.717) is 12.0 Å². The smallest absolute Gasteiger partial charge is 0.269 e. The van der Waals surface area contributed by atoms with E-state index in [1.54, 1.807) is 17.6 Å². The van der Waals surface area contributed by atoms with Gasteiger partial charge in [-0.1, -0.05) is 68.5 Å². The van der Waals surface area contributed by atoms with Crippen LogP contribution in [-0.4, -0.2) is 52.1 Å². The molecule has 200 valence electrons. The number of carbonyl (C=O) groups is 2. The van der Waals surface area contributed by atoms with E-state index in [9.17, 15) is 33.3 Å². The second-order valence-electron chi connectivity index (χ2n) is 8.88. The second kappa shape index (κ2) is 13.6. The first kappa shape index (κ1) is 29.6. The Morgan fingerprint density at radius 2 is 1.73 bits per heavy atom. The number of nitrogens with zero attached hydrogens (tertiary/aromatic N) is 3. The Hall–Kier alpha value is -3.61. The number of hydrogen-bond acceptors (Lipinski definition) is 7. The van der Waals surface area contributed by atoms with E-state index in [4.69, 9.17) is 0 Å². The molecule has 0 aliphatic rings. The highest BCUT2D eigenvalue weighted by molar-refractivity contribution is 7.88. The maximum absolute atomic E-state index is 13.4. The summed E-state index contributed by atoms with van der Waals surface area (Å²) in [7, 11) is -4.12. The summed E-state index contributed by atoms with van der Waals surface area (Å²) in [6.07, 6.45) is 4.54. The van der Waals surface area contributed by atoms with Crippen molar-refractivity contribution in [1.82, 2.24) is 14.9 Å². The molecule has 2 aromatic rings. The molecule has 0 bridgehead atoms. The van der Waals surface area contributed by atoms with E-state index < -0.39 is 32.8 Å². The Bertz CT molecular complexity index is 1200. The summed E-state index contributed by atoms with van der Waals surface area (Å²) in [5.41, 5.74) is 2.55. The number of sulfonamides is 1. The second-order valence-corrected chi connectivity index (χ2v) is 10.8. The Kier molecular flexibility index (Phi) is 10.9. The minimum absolute atomic E-state index is 0.0401. The fourth-order valence-corrected chi connectivity index (χ4v) is 4.41. The highest BCUT2D eigenvalue weighted by Gasteiger charge is 2.37. The van der Waals surface area contributed by atoms with Crippen LogP contribution in [0.3, 0.4) is 0 Å². The molecule has 1 atom stereocenters. The Labute approximate surface area is 216 Å². The molecule has 2 N–H and O–H groups in total. The summed E-state index contributed by atoms with van der Waals surface area (Å²) in [4.78, 5) is 36.6. The van der Waals surface area contributed by atoms with E-state index in [2.05, 4.69) is 0 Å². The zero-order valence-electron chi connectivity index (χ0n) is 21.0. The minimum atomic E-state index is -4.12. The van der Waals surface area contributed by atoms with Crippen molar-refractivity contribution < 1.29 is 28.1 Å². The first-order chi connectivity index (χ1) is 17.4. The van der Waals surface area contributed by atoms with E-state index in [1.807, 2.05) is 44.2 Å². The quantitative estimate of drug-likeness (QED) is 0.228. The minimum Gasteiger partial charge on any atom is -0.289 e. The number of non-ortho nitro benzene ring substituents is 1. The molecule has 0 saturated heterocycles. The summed E-state index contributed by atoms with van der Waals surface area (Å²) < 4.78 is 26.6. The zero-order chi connectivity index (χ0) is 27.6. The lowest BCUT2D eigenvalue weighted by Crippen LogP contribution is -2.58. The van der Waals surface area contributed by atoms with Gasteiger partial charge in [-0.2, -0.15) is 0 Å². The van der Waals surface area contributed by atoms with Crippen LogP contribution in [0.15, 0.2) is 60.7 Å². The average Bonchev–Trinajstić information content (AvgIpc) is 2.85. The number of nitro groups is 1. The van der Waals surface area contributed by atoms with Crippen molar-refractivity contribution in [2.75, 3.05) is 6.26 Å². The van der Waals surface area contributed by atoms with E-state index in [0.717, 1.165) is 21.2 Å². The fourth-order valence-electron chi connectivity index (χ4n) is 3.50. The number of hydrazine groups is 1. The van der Waals surface area contributed by atoms with Gasteiger partial charge >= 0.3 is 0 Å². The maximum atomic E-state index is 13.4. The molecule has 11 nitrogen and oxygen atoms in total. The standard InChI is InChI=1S/C25H32N4O7S/c1-19(2)12-17-24(30)28(23(25(31)26-32)11-7-10-20-8-5-4-6-9-20)27(37(3,35)36)18-21-13-15-22(16-14-21)29(33)34/h4-10,13-16,19,23,32H,11-12,17-18H2,1-3H3,(H,26,31)/t23-/m0/s1. The number of carbonyl (C=O) groups excluding carboxylic acids is 2. The van der Waals surface area contributed by atoms with Gasteiger partial charge < -0.3 is 0 Å². The summed E-state index contributed by atoms with van der Waals surface area (Å²) >= 11 is 0. The third-order valence-corrected chi connectivity index (χ3v) is 6.53. The Balaban J connectivity index is 2.51. The highest BCUT2D eigenvalue weighted by Crippen LogP contribution is 2.22. The molecule has 0 radical (unpaired) electrons. The predicted octanol–water partition coefficient (Wildman–Crippen LogP) is 3.51. The molecule has 0 fully saturated rings. The van der Waals surface area contributed by atoms with Gasteiger partial charge in [-0.3, -0.25) is 24.9 Å². The monoisotopic (exact) mass is 532 g/mol. The van der Waals surface area contributed by atoms with Crippen molar-refractivity contribution in [2.45, 2.75) is 45.7 Å². The summed E-state index contributed by atoms with van der Waals surface area (Å²) in [5, 5.41) is 21.3. The van der Waals surface area contributed by atoms with Gasteiger partial charge in [0.2, 0.25) is 15.9 Å². The summed E-state index contributed by atoms with van der Waals surface area (Å²) in [6, 6.07) is 13.0. The van der Waals surface area contributed by atoms with Gasteiger partial charge in [0.1, 0.15) is 6.04 Å². The molecule has 2 aromatic carbocycles. The SMILES string of the molecule is CC(C)CCC(=O)N([C@@H](CC=Cc1ccccc1)C(=O)NO)N(Cc1ccc([N+](=O)[O-])cc1)S(C)(=O)=O. The van der Waals surface area contributed by atoms with Crippen molar-refractivity contribution >= 4 is 33.6 Å². The lowest BCUT2D eigenvalue weighted by molar-refractivity contribution is -0.384. The molecule has 2 amide bonds. The number of nitro benzene ring substituents is 1. The zero-order valence-corrected chi connectivity index (χ0v) is 21.8. The van der Waals surface area contributed by atoms with Crippen LogP contribution in [-0.2, 0) is 26.2 Å². The van der Waals surface area contributed by atoms with Crippen LogP contribution in [0.1, 0.15) is 44.2 Å². The van der Waals surface area contributed by atoms with E-state index >= 15 is 0 Å². The number of amides is 2. The topological polar surface area (TPSA) is 150 Å². The molecule has 0 aromatic heterocycles. The number of hydrogen-bond donors (Lipinski definition) is 2. The van der Waals surface area contributed by atoms with Crippen molar-refractivity contribution in [1.29, 1.82) is 0 Å². The Morgan fingerprint density at radius 3 is 2.24 bits per heavy atom. The third-order valence-electron chi connectivity index (χ3n) is 5.46. The number of benzene rings is 2. The van der Waals surface area contributed by atoms with Crippen molar-refractivity contribution in [2.24, 2.45) is 5.92 Å². The van der Waals surface area contributed by atoms with Crippen LogP contribution in [0.5, 0.6) is 0 Å². The molecule has 12 heteroatoms. The van der Waals surface area contributed by atoms with Gasteiger partial charge in [-0.25, -0.2) is 18.9 Å². The van der Waals surface area contributed by atoms with Crippen LogP contribution < -0.4 is 5.48 Å². The van der Waals surface area contributed by atoms with Crippen molar-refractivity contribution in [3.63, 3.8) is 0 Å². The van der Waals surface area contributed by atoms with Gasteiger partial charge in [0.25, 0.3) is 11.6 Å². The van der Waals surface area contributed by atoms with Crippen molar-refractivity contribution in [3.05, 3.63) is 81.9 Å². The lowest BCUT2D eigenvalue weighted by atomic mass is 10.1. The molecule has 0 spiro atoms. The first-order valence-electron chi connectivity index (χ1n) is 11.6. The van der Waals surface area contributed by atoms with Gasteiger partial charge in [0.05, 0.1) is 17.7 Å². The lowest BCUT2D eigenvalue weighted by Gasteiger charge is -2.37. The highest BCUT2D eigenvalue weighted by atomic mass is 32.2. The number of nitrogens with one attached hydrogen (secondary N) is 1. The molecular weight excluding hydrogens is 500 g/mol. The molecule has 2 rings (SSSR count). The molecular formula is C25H32N4O7S. The van der Waals surface area contributed by atoms with Crippen LogP contribution in [0, 0.1) is 16.0 Å². The molecule has 37 heavy (non-hydrogen) atoms. The third kappa shape index (κ3) is 9.08. The van der Waals surface area contributed by atoms with Gasteiger partial charge in [0, 0.05) is 18.6 Å². The normalized spacial score (nSPS) is 12.6. The number of rotatable bonds is 13. The predicted molar refractivity (Wildman–Crippen MR) is 138 cm³/mol. The van der Waals surface area contributed by atoms with E-state index in [-0.39, 0.29) is 31.0 Å². The first-order valence-corrected chi connectivity index (χ1v) is 13.5. The molecule has 0 aliphatic carbocycles. The van der Waals surface area contributed by atoms with Crippen molar-refractivity contribution in [3.8, 4) is 0 Å². The summed E-state index contributed by atoms with van der Waals surface area (Å²) in [5.74, 6) is -1.45.